The number of ether oxygens (including phenoxy) is 1. The molecule has 1 aliphatic carbocycles. The lowest BCUT2D eigenvalue weighted by atomic mass is 9.83. The Morgan fingerprint density at radius 3 is 2.88 bits per heavy atom. The summed E-state index contributed by atoms with van der Waals surface area (Å²) in [6.07, 6.45) is 6.26. The summed E-state index contributed by atoms with van der Waals surface area (Å²) in [5.41, 5.74) is 7.59. The van der Waals surface area contributed by atoms with Gasteiger partial charge >= 0.3 is 0 Å². The van der Waals surface area contributed by atoms with Gasteiger partial charge in [0, 0.05) is 6.04 Å². The molecule has 1 saturated carbocycles. The first kappa shape index (κ1) is 11.1. The molecule has 17 heavy (non-hydrogen) atoms. The first-order chi connectivity index (χ1) is 8.34. The van der Waals surface area contributed by atoms with Gasteiger partial charge in [-0.15, -0.1) is 0 Å². The molecule has 0 radical (unpaired) electrons. The summed E-state index contributed by atoms with van der Waals surface area (Å²) in [7, 11) is 0. The predicted octanol–water partition coefficient (Wildman–Crippen LogP) is 3.07. The third-order valence-electron chi connectivity index (χ3n) is 4.39. The van der Waals surface area contributed by atoms with E-state index in [0.717, 1.165) is 24.7 Å². The Bertz CT molecular complexity index is 390. The molecule has 2 heteroatoms. The highest BCUT2D eigenvalue weighted by molar-refractivity contribution is 5.37. The molecule has 0 amide bonds. The highest BCUT2D eigenvalue weighted by Gasteiger charge is 2.29. The van der Waals surface area contributed by atoms with Gasteiger partial charge in [-0.2, -0.15) is 0 Å². The van der Waals surface area contributed by atoms with Crippen LogP contribution >= 0.6 is 0 Å². The normalized spacial score (nSPS) is 31.9. The third-order valence-corrected chi connectivity index (χ3v) is 4.39. The molecule has 1 heterocycles. The van der Waals surface area contributed by atoms with Gasteiger partial charge in [0.05, 0.1) is 6.61 Å². The quantitative estimate of drug-likeness (QED) is 0.849. The van der Waals surface area contributed by atoms with E-state index in [4.69, 9.17) is 10.5 Å². The Morgan fingerprint density at radius 2 is 2.06 bits per heavy atom. The van der Waals surface area contributed by atoms with Crippen molar-refractivity contribution >= 4 is 0 Å². The van der Waals surface area contributed by atoms with Crippen molar-refractivity contribution < 1.29 is 4.74 Å². The Morgan fingerprint density at radius 1 is 1.18 bits per heavy atom. The smallest absolute Gasteiger partial charge is 0.122 e. The fraction of sp³-hybridized carbons (Fsp3) is 0.600. The van der Waals surface area contributed by atoms with Gasteiger partial charge in [-0.1, -0.05) is 24.6 Å². The van der Waals surface area contributed by atoms with Crippen molar-refractivity contribution in [3.8, 4) is 5.75 Å². The number of hydrogen-bond donors (Lipinski definition) is 1. The lowest BCUT2D eigenvalue weighted by Crippen LogP contribution is -2.27. The van der Waals surface area contributed by atoms with Crippen molar-refractivity contribution in [2.75, 3.05) is 6.61 Å². The van der Waals surface area contributed by atoms with Crippen molar-refractivity contribution in [1.82, 2.24) is 0 Å². The predicted molar refractivity (Wildman–Crippen MR) is 69.2 cm³/mol. The molecule has 92 valence electrons. The lowest BCUT2D eigenvalue weighted by Gasteiger charge is -2.29. The first-order valence-corrected chi connectivity index (χ1v) is 6.82. The van der Waals surface area contributed by atoms with Gasteiger partial charge in [0.2, 0.25) is 0 Å². The third kappa shape index (κ3) is 2.19. The van der Waals surface area contributed by atoms with Crippen LogP contribution in [0.4, 0.5) is 0 Å². The summed E-state index contributed by atoms with van der Waals surface area (Å²) in [6.45, 7) is 0.865. The number of para-hydroxylation sites is 1. The molecule has 2 nitrogen and oxygen atoms in total. The number of rotatable bonds is 2. The average Bonchev–Trinajstić information content (AvgIpc) is 2.76. The van der Waals surface area contributed by atoms with E-state index >= 15 is 0 Å². The van der Waals surface area contributed by atoms with Crippen LogP contribution in [-0.2, 0) is 0 Å². The Balaban J connectivity index is 1.76. The van der Waals surface area contributed by atoms with Crippen LogP contribution < -0.4 is 10.5 Å². The van der Waals surface area contributed by atoms with Crippen LogP contribution in [0.5, 0.6) is 5.75 Å². The molecule has 1 fully saturated rings. The van der Waals surface area contributed by atoms with Crippen LogP contribution in [0.1, 0.15) is 43.6 Å². The Hall–Kier alpha value is -1.02. The zero-order valence-corrected chi connectivity index (χ0v) is 10.3. The first-order valence-electron chi connectivity index (χ1n) is 6.82. The van der Waals surface area contributed by atoms with Gasteiger partial charge in [0.1, 0.15) is 5.75 Å². The van der Waals surface area contributed by atoms with Gasteiger partial charge in [-0.05, 0) is 49.1 Å². The van der Waals surface area contributed by atoms with Crippen LogP contribution in [0.2, 0.25) is 0 Å². The zero-order valence-electron chi connectivity index (χ0n) is 10.3. The largest absolute Gasteiger partial charge is 0.493 e. The second-order valence-corrected chi connectivity index (χ2v) is 5.46. The Kier molecular flexibility index (Phi) is 3.06. The van der Waals surface area contributed by atoms with E-state index in [0.29, 0.717) is 12.0 Å². The van der Waals surface area contributed by atoms with Crippen molar-refractivity contribution in [3.63, 3.8) is 0 Å². The molecule has 1 aliphatic heterocycles. The SMILES string of the molecule is NC1CCCC1CC1CCOc2ccccc21. The molecule has 1 aromatic carbocycles. The maximum Gasteiger partial charge on any atom is 0.122 e. The molecule has 0 spiro atoms. The van der Waals surface area contributed by atoms with Gasteiger partial charge in [-0.25, -0.2) is 0 Å². The molecular weight excluding hydrogens is 210 g/mol. The average molecular weight is 231 g/mol. The summed E-state index contributed by atoms with van der Waals surface area (Å²) < 4.78 is 5.71. The topological polar surface area (TPSA) is 35.2 Å². The second-order valence-electron chi connectivity index (χ2n) is 5.46. The molecule has 0 aromatic heterocycles. The van der Waals surface area contributed by atoms with Crippen LogP contribution in [0.25, 0.3) is 0 Å². The number of nitrogens with two attached hydrogens (primary N) is 1. The molecule has 3 rings (SSSR count). The minimum Gasteiger partial charge on any atom is -0.493 e. The molecule has 3 unspecified atom stereocenters. The van der Waals surface area contributed by atoms with E-state index in [1.54, 1.807) is 0 Å². The van der Waals surface area contributed by atoms with Crippen molar-refractivity contribution in [3.05, 3.63) is 29.8 Å². The van der Waals surface area contributed by atoms with Crippen molar-refractivity contribution in [2.24, 2.45) is 11.7 Å². The zero-order chi connectivity index (χ0) is 11.7. The Labute approximate surface area is 103 Å². The molecule has 0 saturated heterocycles. The molecule has 0 bridgehead atoms. The summed E-state index contributed by atoms with van der Waals surface area (Å²) in [4.78, 5) is 0. The van der Waals surface area contributed by atoms with E-state index in [1.807, 2.05) is 0 Å². The summed E-state index contributed by atoms with van der Waals surface area (Å²) in [5, 5.41) is 0. The summed E-state index contributed by atoms with van der Waals surface area (Å²) in [6, 6.07) is 8.93. The van der Waals surface area contributed by atoms with E-state index in [-0.39, 0.29) is 0 Å². The number of hydrogen-bond acceptors (Lipinski definition) is 2. The molecule has 3 atom stereocenters. The van der Waals surface area contributed by atoms with Gasteiger partial charge in [0.25, 0.3) is 0 Å². The van der Waals surface area contributed by atoms with Crippen LogP contribution in [-0.4, -0.2) is 12.6 Å². The fourth-order valence-electron chi connectivity index (χ4n) is 3.38. The second kappa shape index (κ2) is 4.69. The van der Waals surface area contributed by atoms with E-state index in [9.17, 15) is 0 Å². The van der Waals surface area contributed by atoms with E-state index in [1.165, 1.54) is 31.2 Å². The van der Waals surface area contributed by atoms with Crippen molar-refractivity contribution in [1.29, 1.82) is 0 Å². The number of benzene rings is 1. The van der Waals surface area contributed by atoms with E-state index < -0.39 is 0 Å². The molecule has 1 aromatic rings. The number of fused-ring (bicyclic) bond motifs is 1. The van der Waals surface area contributed by atoms with Crippen molar-refractivity contribution in [2.45, 2.75) is 44.1 Å². The summed E-state index contributed by atoms with van der Waals surface area (Å²) >= 11 is 0. The van der Waals surface area contributed by atoms with E-state index in [2.05, 4.69) is 24.3 Å². The maximum atomic E-state index is 6.18. The van der Waals surface area contributed by atoms with Gasteiger partial charge in [0.15, 0.2) is 0 Å². The van der Waals surface area contributed by atoms with Gasteiger partial charge < -0.3 is 10.5 Å². The van der Waals surface area contributed by atoms with Gasteiger partial charge in [-0.3, -0.25) is 0 Å². The van der Waals surface area contributed by atoms with Crippen LogP contribution in [0, 0.1) is 5.92 Å². The summed E-state index contributed by atoms with van der Waals surface area (Å²) in [5.74, 6) is 2.48. The maximum absolute atomic E-state index is 6.18. The van der Waals surface area contributed by atoms with Crippen LogP contribution in [0.3, 0.4) is 0 Å². The minimum absolute atomic E-state index is 0.435. The van der Waals surface area contributed by atoms with Crippen LogP contribution in [0.15, 0.2) is 24.3 Å². The monoisotopic (exact) mass is 231 g/mol. The molecule has 2 aliphatic rings. The fourth-order valence-corrected chi connectivity index (χ4v) is 3.38. The minimum atomic E-state index is 0.435. The highest BCUT2D eigenvalue weighted by atomic mass is 16.5. The lowest BCUT2D eigenvalue weighted by molar-refractivity contribution is 0.249. The standard InChI is InChI=1S/C15H21NO/c16-14-6-3-4-12(14)10-11-8-9-17-15-7-2-1-5-13(11)15/h1-2,5,7,11-12,14H,3-4,6,8-10,16H2. The molecule has 2 N–H and O–H groups in total. The highest BCUT2D eigenvalue weighted by Crippen LogP contribution is 2.40. The molecular formula is C15H21NO.